The summed E-state index contributed by atoms with van der Waals surface area (Å²) < 4.78 is 33.5. The molecule has 1 aliphatic carbocycles. The molecule has 1 fully saturated rings. The molecule has 1 aliphatic rings. The zero-order valence-electron chi connectivity index (χ0n) is 16.3. The first-order valence-corrected chi connectivity index (χ1v) is 11.3. The highest BCUT2D eigenvalue weighted by molar-refractivity contribution is 7.91. The molecule has 1 aromatic carbocycles. The van der Waals surface area contributed by atoms with E-state index >= 15 is 0 Å². The average Bonchev–Trinajstić information content (AvgIpc) is 3.40. The second-order valence-electron chi connectivity index (χ2n) is 7.59. The summed E-state index contributed by atoms with van der Waals surface area (Å²) >= 11 is 0. The number of aromatic nitrogens is 2. The Hall–Kier alpha value is -2.54. The van der Waals surface area contributed by atoms with E-state index in [4.69, 9.17) is 4.74 Å². The van der Waals surface area contributed by atoms with Crippen molar-refractivity contribution in [3.05, 3.63) is 46.9 Å². The largest absolute Gasteiger partial charge is 0.491 e. The molecule has 0 saturated heterocycles. The molecular formula is C21H24N2O4S. The van der Waals surface area contributed by atoms with Gasteiger partial charge in [-0.25, -0.2) is 8.42 Å². The average molecular weight is 401 g/mol. The molecule has 2 heterocycles. The summed E-state index contributed by atoms with van der Waals surface area (Å²) in [6, 6.07) is 9.03. The summed E-state index contributed by atoms with van der Waals surface area (Å²) in [5, 5.41) is 0.712. The van der Waals surface area contributed by atoms with Crippen molar-refractivity contribution in [2.75, 3.05) is 13.4 Å². The number of nitrogens with zero attached hydrogens (tertiary/aromatic N) is 2. The van der Waals surface area contributed by atoms with Crippen LogP contribution in [0.15, 0.2) is 46.2 Å². The van der Waals surface area contributed by atoms with Gasteiger partial charge in [0.15, 0.2) is 15.6 Å². The fourth-order valence-electron chi connectivity index (χ4n) is 3.75. The van der Waals surface area contributed by atoms with Crippen molar-refractivity contribution in [2.24, 2.45) is 13.0 Å². The molecule has 148 valence electrons. The molecule has 0 spiro atoms. The second kappa shape index (κ2) is 6.81. The summed E-state index contributed by atoms with van der Waals surface area (Å²) in [5.41, 5.74) is 2.40. The molecule has 7 heteroatoms. The highest BCUT2D eigenvalue weighted by atomic mass is 32.2. The molecule has 3 aromatic rings. The Balaban J connectivity index is 1.97. The fraction of sp³-hybridized carbons (Fsp3) is 0.381. The van der Waals surface area contributed by atoms with Crippen LogP contribution in [0.25, 0.3) is 22.2 Å². The van der Waals surface area contributed by atoms with Crippen LogP contribution in [0.2, 0.25) is 0 Å². The number of rotatable bonds is 6. The Morgan fingerprint density at radius 1 is 1.21 bits per heavy atom. The Morgan fingerprint density at radius 3 is 2.61 bits per heavy atom. The van der Waals surface area contributed by atoms with E-state index in [2.05, 4.69) is 4.57 Å². The quantitative estimate of drug-likeness (QED) is 0.637. The van der Waals surface area contributed by atoms with Gasteiger partial charge in [0, 0.05) is 42.5 Å². The van der Waals surface area contributed by atoms with E-state index in [0.29, 0.717) is 10.3 Å². The number of hydrogen-bond donors (Lipinski definition) is 0. The minimum atomic E-state index is -3.35. The topological polar surface area (TPSA) is 70.3 Å². The van der Waals surface area contributed by atoms with Crippen LogP contribution in [0, 0.1) is 5.92 Å². The smallest absolute Gasteiger partial charge is 0.292 e. The first kappa shape index (κ1) is 18.8. The normalized spacial score (nSPS) is 14.5. The molecule has 0 N–H and O–H groups in total. The lowest BCUT2D eigenvalue weighted by Crippen LogP contribution is -2.18. The summed E-state index contributed by atoms with van der Waals surface area (Å²) in [5.74, 6) is 1.01. The third-order valence-corrected chi connectivity index (χ3v) is 6.58. The maximum absolute atomic E-state index is 12.3. The van der Waals surface area contributed by atoms with Gasteiger partial charge in [0.25, 0.3) is 5.56 Å². The first-order chi connectivity index (χ1) is 13.3. The summed E-state index contributed by atoms with van der Waals surface area (Å²) in [6.45, 7) is 0.807. The Kier molecular flexibility index (Phi) is 4.57. The third kappa shape index (κ3) is 3.35. The monoisotopic (exact) mass is 400 g/mol. The molecule has 0 amide bonds. The van der Waals surface area contributed by atoms with Crippen LogP contribution in [0.4, 0.5) is 0 Å². The Bertz CT molecular complexity index is 1220. The van der Waals surface area contributed by atoms with E-state index in [1.54, 1.807) is 31.4 Å². The molecule has 2 aromatic heterocycles. The van der Waals surface area contributed by atoms with Gasteiger partial charge in [-0.15, -0.1) is 0 Å². The van der Waals surface area contributed by atoms with Gasteiger partial charge in [-0.1, -0.05) is 18.9 Å². The predicted octanol–water partition coefficient (Wildman–Crippen LogP) is 3.22. The standard InChI is InChI=1S/C21H24N2O4S/c1-22-13-15(11-19(27-2)21(22)24)18-12-16-17(23(18)10-9-14-7-8-14)5-4-6-20(16)28(3,25)26/h4-6,11-14H,7-10H2,1-3H3. The number of pyridine rings is 1. The maximum atomic E-state index is 12.3. The van der Waals surface area contributed by atoms with Crippen LogP contribution in [0.5, 0.6) is 5.75 Å². The van der Waals surface area contributed by atoms with Crippen LogP contribution in [-0.2, 0) is 23.4 Å². The highest BCUT2D eigenvalue weighted by Crippen LogP contribution is 2.36. The highest BCUT2D eigenvalue weighted by Gasteiger charge is 2.23. The van der Waals surface area contributed by atoms with Crippen LogP contribution in [0.1, 0.15) is 19.3 Å². The number of hydrogen-bond acceptors (Lipinski definition) is 4. The van der Waals surface area contributed by atoms with Gasteiger partial charge in [-0.2, -0.15) is 0 Å². The first-order valence-electron chi connectivity index (χ1n) is 9.37. The second-order valence-corrected chi connectivity index (χ2v) is 9.57. The lowest BCUT2D eigenvalue weighted by atomic mass is 10.2. The van der Waals surface area contributed by atoms with E-state index in [9.17, 15) is 13.2 Å². The van der Waals surface area contributed by atoms with Crippen LogP contribution < -0.4 is 10.3 Å². The molecule has 28 heavy (non-hydrogen) atoms. The summed E-state index contributed by atoms with van der Waals surface area (Å²) in [6.07, 6.45) is 6.58. The van der Waals surface area contributed by atoms with E-state index in [1.807, 2.05) is 12.1 Å². The molecule has 6 nitrogen and oxygen atoms in total. The molecule has 0 atom stereocenters. The number of aryl methyl sites for hydroxylation is 2. The molecule has 1 saturated carbocycles. The molecule has 4 rings (SSSR count). The van der Waals surface area contributed by atoms with Gasteiger partial charge in [-0.3, -0.25) is 4.79 Å². The zero-order chi connectivity index (χ0) is 20.1. The van der Waals surface area contributed by atoms with E-state index in [1.165, 1.54) is 30.8 Å². The van der Waals surface area contributed by atoms with E-state index < -0.39 is 9.84 Å². The minimum absolute atomic E-state index is 0.205. The summed E-state index contributed by atoms with van der Waals surface area (Å²) in [7, 11) is -0.190. The molecule has 0 radical (unpaired) electrons. The number of benzene rings is 1. The van der Waals surface area contributed by atoms with E-state index in [-0.39, 0.29) is 11.3 Å². The van der Waals surface area contributed by atoms with Crippen molar-refractivity contribution in [1.82, 2.24) is 9.13 Å². The molecule has 0 unspecified atom stereocenters. The van der Waals surface area contributed by atoms with Gasteiger partial charge in [0.05, 0.1) is 17.7 Å². The SMILES string of the molecule is COc1cc(-c2cc3c(S(C)(=O)=O)cccc3n2CCC2CC2)cn(C)c1=O. The number of sulfone groups is 1. The van der Waals surface area contributed by atoms with E-state index in [0.717, 1.165) is 35.7 Å². The number of fused-ring (bicyclic) bond motifs is 1. The number of methoxy groups -OCH3 is 1. The van der Waals surface area contributed by atoms with Gasteiger partial charge in [0.2, 0.25) is 0 Å². The van der Waals surface area contributed by atoms with Crippen molar-refractivity contribution >= 4 is 20.7 Å². The Morgan fingerprint density at radius 2 is 1.96 bits per heavy atom. The van der Waals surface area contributed by atoms with Crippen molar-refractivity contribution < 1.29 is 13.2 Å². The van der Waals surface area contributed by atoms with Crippen LogP contribution in [0.3, 0.4) is 0 Å². The predicted molar refractivity (Wildman–Crippen MR) is 110 cm³/mol. The lowest BCUT2D eigenvalue weighted by Gasteiger charge is -2.13. The lowest BCUT2D eigenvalue weighted by molar-refractivity contribution is 0.405. The Labute approximate surface area is 164 Å². The fourth-order valence-corrected chi connectivity index (χ4v) is 4.64. The van der Waals surface area contributed by atoms with Crippen molar-refractivity contribution in [1.29, 1.82) is 0 Å². The summed E-state index contributed by atoms with van der Waals surface area (Å²) in [4.78, 5) is 12.5. The minimum Gasteiger partial charge on any atom is -0.491 e. The van der Waals surface area contributed by atoms with Gasteiger partial charge in [0.1, 0.15) is 0 Å². The molecule has 0 aliphatic heterocycles. The zero-order valence-corrected chi connectivity index (χ0v) is 17.1. The van der Waals surface area contributed by atoms with Crippen molar-refractivity contribution in [2.45, 2.75) is 30.7 Å². The molecule has 0 bridgehead atoms. The van der Waals surface area contributed by atoms with Crippen LogP contribution in [-0.4, -0.2) is 30.9 Å². The number of ether oxygens (including phenoxy) is 1. The van der Waals surface area contributed by atoms with Crippen LogP contribution >= 0.6 is 0 Å². The van der Waals surface area contributed by atoms with Gasteiger partial charge < -0.3 is 13.9 Å². The van der Waals surface area contributed by atoms with Crippen molar-refractivity contribution in [3.8, 4) is 17.0 Å². The molecular weight excluding hydrogens is 376 g/mol. The van der Waals surface area contributed by atoms with Gasteiger partial charge >= 0.3 is 0 Å². The maximum Gasteiger partial charge on any atom is 0.292 e. The van der Waals surface area contributed by atoms with Gasteiger partial charge in [-0.05, 0) is 36.6 Å². The third-order valence-electron chi connectivity index (χ3n) is 5.43. The van der Waals surface area contributed by atoms with Crippen molar-refractivity contribution in [3.63, 3.8) is 0 Å².